The predicted molar refractivity (Wildman–Crippen MR) is 100 cm³/mol. The largest absolute Gasteiger partial charge is 0.493 e. The third kappa shape index (κ3) is 5.50. The zero-order chi connectivity index (χ0) is 18.2. The molecule has 25 heavy (non-hydrogen) atoms. The Balaban J connectivity index is 1.92. The number of carbonyl (C=O) groups excluding carboxylic acids is 1. The van der Waals surface area contributed by atoms with E-state index in [2.05, 4.69) is 23.6 Å². The number of ether oxygens (including phenoxy) is 2. The lowest BCUT2D eigenvalue weighted by atomic mass is 10.1. The topological polar surface area (TPSA) is 59.6 Å². The second-order valence-corrected chi connectivity index (χ2v) is 5.92. The number of hydrogen-bond donors (Lipinski definition) is 2. The van der Waals surface area contributed by atoms with Gasteiger partial charge in [0, 0.05) is 18.7 Å². The maximum Gasteiger partial charge on any atom is 0.221 e. The van der Waals surface area contributed by atoms with Gasteiger partial charge in [0.05, 0.1) is 14.2 Å². The minimum absolute atomic E-state index is 0.0637. The van der Waals surface area contributed by atoms with Gasteiger partial charge in [-0.2, -0.15) is 0 Å². The van der Waals surface area contributed by atoms with Crippen LogP contribution in [-0.2, 0) is 11.2 Å². The monoisotopic (exact) mass is 342 g/mol. The van der Waals surface area contributed by atoms with E-state index in [1.54, 1.807) is 14.2 Å². The molecule has 0 spiro atoms. The average molecular weight is 342 g/mol. The number of benzene rings is 2. The Bertz CT molecular complexity index is 716. The highest BCUT2D eigenvalue weighted by Crippen LogP contribution is 2.27. The van der Waals surface area contributed by atoms with E-state index in [9.17, 15) is 4.79 Å². The summed E-state index contributed by atoms with van der Waals surface area (Å²) in [5, 5.41) is 6.32. The van der Waals surface area contributed by atoms with Gasteiger partial charge in [0.15, 0.2) is 11.5 Å². The molecule has 0 bridgehead atoms. The number of anilines is 1. The standard InChI is InChI=1S/C20H26N2O3/c1-14(17-6-5-7-18(13-17)22-15(2)23)21-11-10-16-8-9-19(24-3)20(12-16)25-4/h5-9,12-14,21H,10-11H2,1-4H3,(H,22,23). The number of amides is 1. The molecule has 2 aromatic carbocycles. The van der Waals surface area contributed by atoms with Crippen molar-refractivity contribution in [3.05, 3.63) is 53.6 Å². The van der Waals surface area contributed by atoms with Gasteiger partial charge in [-0.15, -0.1) is 0 Å². The van der Waals surface area contributed by atoms with Gasteiger partial charge in [0.2, 0.25) is 5.91 Å². The molecule has 0 heterocycles. The van der Waals surface area contributed by atoms with Crippen LogP contribution in [0.3, 0.4) is 0 Å². The summed E-state index contributed by atoms with van der Waals surface area (Å²) < 4.78 is 10.6. The molecule has 0 aliphatic rings. The first-order valence-electron chi connectivity index (χ1n) is 8.35. The minimum Gasteiger partial charge on any atom is -0.493 e. The van der Waals surface area contributed by atoms with Crippen molar-refractivity contribution in [2.24, 2.45) is 0 Å². The molecule has 0 saturated heterocycles. The number of hydrogen-bond acceptors (Lipinski definition) is 4. The molecule has 0 radical (unpaired) electrons. The molecule has 0 aliphatic carbocycles. The SMILES string of the molecule is COc1ccc(CCNC(C)c2cccc(NC(C)=O)c2)cc1OC. The lowest BCUT2D eigenvalue weighted by Gasteiger charge is -2.16. The van der Waals surface area contributed by atoms with E-state index in [0.29, 0.717) is 0 Å². The second-order valence-electron chi connectivity index (χ2n) is 5.92. The van der Waals surface area contributed by atoms with E-state index < -0.39 is 0 Å². The molecular formula is C20H26N2O3. The van der Waals surface area contributed by atoms with Crippen molar-refractivity contribution in [2.45, 2.75) is 26.3 Å². The average Bonchev–Trinajstić information content (AvgIpc) is 2.61. The summed E-state index contributed by atoms with van der Waals surface area (Å²) in [5.41, 5.74) is 3.14. The highest BCUT2D eigenvalue weighted by Gasteiger charge is 2.08. The molecule has 0 saturated carbocycles. The van der Waals surface area contributed by atoms with E-state index in [4.69, 9.17) is 9.47 Å². The van der Waals surface area contributed by atoms with Crippen LogP contribution in [0.15, 0.2) is 42.5 Å². The number of rotatable bonds is 8. The number of carbonyl (C=O) groups is 1. The molecule has 2 N–H and O–H groups in total. The van der Waals surface area contributed by atoms with E-state index in [0.717, 1.165) is 35.7 Å². The van der Waals surface area contributed by atoms with Crippen LogP contribution >= 0.6 is 0 Å². The molecule has 5 nitrogen and oxygen atoms in total. The fourth-order valence-corrected chi connectivity index (χ4v) is 2.68. The van der Waals surface area contributed by atoms with Gasteiger partial charge in [-0.3, -0.25) is 4.79 Å². The molecule has 1 atom stereocenters. The fraction of sp³-hybridized carbons (Fsp3) is 0.350. The smallest absolute Gasteiger partial charge is 0.221 e. The third-order valence-corrected chi connectivity index (χ3v) is 4.02. The third-order valence-electron chi connectivity index (χ3n) is 4.02. The predicted octanol–water partition coefficient (Wildman–Crippen LogP) is 3.56. The van der Waals surface area contributed by atoms with E-state index in [1.165, 1.54) is 12.5 Å². The molecule has 1 unspecified atom stereocenters. The number of methoxy groups -OCH3 is 2. The van der Waals surface area contributed by atoms with Gasteiger partial charge >= 0.3 is 0 Å². The molecule has 2 rings (SSSR count). The van der Waals surface area contributed by atoms with Crippen LogP contribution in [-0.4, -0.2) is 26.7 Å². The lowest BCUT2D eigenvalue weighted by Crippen LogP contribution is -2.21. The molecule has 134 valence electrons. The number of nitrogens with one attached hydrogen (secondary N) is 2. The van der Waals surface area contributed by atoms with Gasteiger partial charge in [0.1, 0.15) is 0 Å². The molecule has 5 heteroatoms. The van der Waals surface area contributed by atoms with Gasteiger partial charge in [-0.25, -0.2) is 0 Å². The second kappa shape index (κ2) is 9.08. The van der Waals surface area contributed by atoms with Gasteiger partial charge < -0.3 is 20.1 Å². The summed E-state index contributed by atoms with van der Waals surface area (Å²) in [6.07, 6.45) is 0.885. The highest BCUT2D eigenvalue weighted by molar-refractivity contribution is 5.88. The highest BCUT2D eigenvalue weighted by atomic mass is 16.5. The summed E-state index contributed by atoms with van der Waals surface area (Å²) in [7, 11) is 3.28. The Morgan fingerprint density at radius 2 is 1.84 bits per heavy atom. The Kier molecular flexibility index (Phi) is 6.83. The van der Waals surface area contributed by atoms with Crippen molar-refractivity contribution in [3.63, 3.8) is 0 Å². The molecule has 0 aromatic heterocycles. The van der Waals surface area contributed by atoms with E-state index >= 15 is 0 Å². The van der Waals surface area contributed by atoms with E-state index in [-0.39, 0.29) is 11.9 Å². The summed E-state index contributed by atoms with van der Waals surface area (Å²) in [6, 6.07) is 14.1. The summed E-state index contributed by atoms with van der Waals surface area (Å²) in [6.45, 7) is 4.46. The Labute approximate surface area is 149 Å². The molecule has 1 amide bonds. The summed E-state index contributed by atoms with van der Waals surface area (Å²) in [4.78, 5) is 11.2. The van der Waals surface area contributed by atoms with Crippen LogP contribution in [0.4, 0.5) is 5.69 Å². The molecular weight excluding hydrogens is 316 g/mol. The van der Waals surface area contributed by atoms with Crippen LogP contribution in [0.2, 0.25) is 0 Å². The zero-order valence-corrected chi connectivity index (χ0v) is 15.3. The van der Waals surface area contributed by atoms with Crippen LogP contribution in [0.5, 0.6) is 11.5 Å². The van der Waals surface area contributed by atoms with Gasteiger partial charge in [-0.05, 0) is 55.3 Å². The first-order valence-corrected chi connectivity index (χ1v) is 8.35. The lowest BCUT2D eigenvalue weighted by molar-refractivity contribution is -0.114. The van der Waals surface area contributed by atoms with E-state index in [1.807, 2.05) is 36.4 Å². The Morgan fingerprint density at radius 3 is 2.52 bits per heavy atom. The van der Waals surface area contributed by atoms with Crippen molar-refractivity contribution in [2.75, 3.05) is 26.1 Å². The Morgan fingerprint density at radius 1 is 1.08 bits per heavy atom. The minimum atomic E-state index is -0.0637. The first kappa shape index (κ1) is 18.8. The van der Waals surface area contributed by atoms with Crippen LogP contribution in [0, 0.1) is 0 Å². The molecule has 2 aromatic rings. The quantitative estimate of drug-likeness (QED) is 0.770. The normalized spacial score (nSPS) is 11.7. The van der Waals surface area contributed by atoms with Gasteiger partial charge in [0.25, 0.3) is 0 Å². The maximum atomic E-state index is 11.2. The summed E-state index contributed by atoms with van der Waals surface area (Å²) >= 11 is 0. The van der Waals surface area contributed by atoms with Gasteiger partial charge in [-0.1, -0.05) is 18.2 Å². The molecule has 0 fully saturated rings. The van der Waals surface area contributed by atoms with Crippen molar-refractivity contribution >= 4 is 11.6 Å². The van der Waals surface area contributed by atoms with Crippen molar-refractivity contribution < 1.29 is 14.3 Å². The van der Waals surface area contributed by atoms with Crippen molar-refractivity contribution in [1.29, 1.82) is 0 Å². The summed E-state index contributed by atoms with van der Waals surface area (Å²) in [5.74, 6) is 1.42. The van der Waals surface area contributed by atoms with Crippen molar-refractivity contribution in [1.82, 2.24) is 5.32 Å². The fourth-order valence-electron chi connectivity index (χ4n) is 2.68. The maximum absolute atomic E-state index is 11.2. The first-order chi connectivity index (χ1) is 12.0. The van der Waals surface area contributed by atoms with Crippen LogP contribution < -0.4 is 20.1 Å². The Hall–Kier alpha value is -2.53. The van der Waals surface area contributed by atoms with Crippen LogP contribution in [0.25, 0.3) is 0 Å². The zero-order valence-electron chi connectivity index (χ0n) is 15.3. The molecule has 0 aliphatic heterocycles. The van der Waals surface area contributed by atoms with Crippen molar-refractivity contribution in [3.8, 4) is 11.5 Å². The van der Waals surface area contributed by atoms with Crippen LogP contribution in [0.1, 0.15) is 31.0 Å².